The van der Waals surface area contributed by atoms with E-state index in [0.717, 1.165) is 39.1 Å². The average molecular weight is 282 g/mol. The third kappa shape index (κ3) is 4.90. The SMILES string of the molecule is CCCCNC(=O)Cc1noc(CN2CCOCC2)n1. The van der Waals surface area contributed by atoms with Crippen molar-refractivity contribution in [1.82, 2.24) is 20.4 Å². The summed E-state index contributed by atoms with van der Waals surface area (Å²) in [6, 6.07) is 0. The number of unbranched alkanes of at least 4 members (excludes halogenated alkanes) is 1. The molecule has 1 fully saturated rings. The molecule has 0 aliphatic carbocycles. The molecule has 112 valence electrons. The molecule has 1 aliphatic rings. The predicted molar refractivity (Wildman–Crippen MR) is 72.0 cm³/mol. The number of nitrogens with zero attached hydrogens (tertiary/aromatic N) is 3. The monoisotopic (exact) mass is 282 g/mol. The number of carbonyl (C=O) groups excluding carboxylic acids is 1. The molecule has 2 rings (SSSR count). The summed E-state index contributed by atoms with van der Waals surface area (Å²) >= 11 is 0. The van der Waals surface area contributed by atoms with E-state index in [1.165, 1.54) is 0 Å². The van der Waals surface area contributed by atoms with Gasteiger partial charge in [0.05, 0.1) is 26.2 Å². The summed E-state index contributed by atoms with van der Waals surface area (Å²) in [6.07, 6.45) is 2.22. The highest BCUT2D eigenvalue weighted by atomic mass is 16.5. The highest BCUT2D eigenvalue weighted by Crippen LogP contribution is 2.05. The Balaban J connectivity index is 1.75. The van der Waals surface area contributed by atoms with Crippen LogP contribution in [0.1, 0.15) is 31.5 Å². The topological polar surface area (TPSA) is 80.5 Å². The Kier molecular flexibility index (Phi) is 5.94. The summed E-state index contributed by atoms with van der Waals surface area (Å²) in [6.45, 7) is 6.62. The molecular weight excluding hydrogens is 260 g/mol. The second-order valence-electron chi connectivity index (χ2n) is 4.87. The lowest BCUT2D eigenvalue weighted by Gasteiger charge is -2.24. The third-order valence-corrected chi connectivity index (χ3v) is 3.14. The normalized spacial score (nSPS) is 16.2. The van der Waals surface area contributed by atoms with Crippen LogP contribution in [-0.4, -0.2) is 53.8 Å². The number of amides is 1. The summed E-state index contributed by atoms with van der Waals surface area (Å²) in [5, 5.41) is 6.68. The van der Waals surface area contributed by atoms with E-state index in [1.54, 1.807) is 0 Å². The molecule has 1 aliphatic heterocycles. The van der Waals surface area contributed by atoms with Gasteiger partial charge in [0, 0.05) is 19.6 Å². The van der Waals surface area contributed by atoms with Gasteiger partial charge < -0.3 is 14.6 Å². The molecule has 1 N–H and O–H groups in total. The Morgan fingerprint density at radius 1 is 1.40 bits per heavy atom. The number of hydrogen-bond acceptors (Lipinski definition) is 6. The van der Waals surface area contributed by atoms with Crippen LogP contribution < -0.4 is 5.32 Å². The van der Waals surface area contributed by atoms with Gasteiger partial charge in [-0.25, -0.2) is 0 Å². The van der Waals surface area contributed by atoms with Crippen LogP contribution in [0.4, 0.5) is 0 Å². The number of nitrogens with one attached hydrogen (secondary N) is 1. The molecule has 2 heterocycles. The Hall–Kier alpha value is -1.47. The van der Waals surface area contributed by atoms with Crippen LogP contribution in [0, 0.1) is 0 Å². The van der Waals surface area contributed by atoms with Gasteiger partial charge in [0.15, 0.2) is 5.82 Å². The van der Waals surface area contributed by atoms with Gasteiger partial charge in [0.2, 0.25) is 11.8 Å². The largest absolute Gasteiger partial charge is 0.379 e. The van der Waals surface area contributed by atoms with Crippen LogP contribution in [0.3, 0.4) is 0 Å². The van der Waals surface area contributed by atoms with Gasteiger partial charge in [0.25, 0.3) is 0 Å². The fourth-order valence-corrected chi connectivity index (χ4v) is 1.99. The van der Waals surface area contributed by atoms with E-state index in [2.05, 4.69) is 27.3 Å². The molecule has 20 heavy (non-hydrogen) atoms. The molecule has 7 heteroatoms. The predicted octanol–water partition coefficient (Wildman–Crippen LogP) is 0.361. The molecule has 1 saturated heterocycles. The highest BCUT2D eigenvalue weighted by molar-refractivity contribution is 5.77. The zero-order valence-corrected chi connectivity index (χ0v) is 11.9. The van der Waals surface area contributed by atoms with Crippen LogP contribution in [0.25, 0.3) is 0 Å². The van der Waals surface area contributed by atoms with Crippen molar-refractivity contribution in [3.05, 3.63) is 11.7 Å². The van der Waals surface area contributed by atoms with Crippen molar-refractivity contribution in [1.29, 1.82) is 0 Å². The summed E-state index contributed by atoms with van der Waals surface area (Å²) in [5.74, 6) is 0.947. The van der Waals surface area contributed by atoms with E-state index >= 15 is 0 Å². The third-order valence-electron chi connectivity index (χ3n) is 3.14. The van der Waals surface area contributed by atoms with E-state index in [4.69, 9.17) is 9.26 Å². The van der Waals surface area contributed by atoms with Crippen LogP contribution in [0.5, 0.6) is 0 Å². The molecule has 7 nitrogen and oxygen atoms in total. The second kappa shape index (κ2) is 7.96. The van der Waals surface area contributed by atoms with Crippen LogP contribution in [0.15, 0.2) is 4.52 Å². The van der Waals surface area contributed by atoms with Crippen LogP contribution in [-0.2, 0) is 22.5 Å². The molecule has 1 amide bonds. The van der Waals surface area contributed by atoms with Gasteiger partial charge in [0.1, 0.15) is 0 Å². The average Bonchev–Trinajstić information content (AvgIpc) is 2.87. The van der Waals surface area contributed by atoms with Crippen molar-refractivity contribution in [2.45, 2.75) is 32.7 Å². The van der Waals surface area contributed by atoms with E-state index in [-0.39, 0.29) is 12.3 Å². The first-order valence-electron chi connectivity index (χ1n) is 7.16. The van der Waals surface area contributed by atoms with Crippen molar-refractivity contribution in [2.75, 3.05) is 32.8 Å². The zero-order chi connectivity index (χ0) is 14.2. The smallest absolute Gasteiger partial charge is 0.240 e. The van der Waals surface area contributed by atoms with Crippen molar-refractivity contribution >= 4 is 5.91 Å². The minimum absolute atomic E-state index is 0.0582. The first-order chi connectivity index (χ1) is 9.78. The molecule has 0 saturated carbocycles. The molecule has 1 aromatic rings. The maximum Gasteiger partial charge on any atom is 0.240 e. The molecule has 0 unspecified atom stereocenters. The minimum Gasteiger partial charge on any atom is -0.379 e. The molecule has 1 aromatic heterocycles. The van der Waals surface area contributed by atoms with Gasteiger partial charge in [-0.05, 0) is 6.42 Å². The Labute approximate surface area is 118 Å². The number of aromatic nitrogens is 2. The Bertz CT molecular complexity index is 416. The molecular formula is C13H22N4O3. The van der Waals surface area contributed by atoms with Gasteiger partial charge >= 0.3 is 0 Å². The highest BCUT2D eigenvalue weighted by Gasteiger charge is 2.16. The van der Waals surface area contributed by atoms with Gasteiger partial charge in [-0.1, -0.05) is 18.5 Å². The standard InChI is InChI=1S/C13H22N4O3/c1-2-3-4-14-12(18)9-11-15-13(20-16-11)10-17-5-7-19-8-6-17/h2-10H2,1H3,(H,14,18). The summed E-state index contributed by atoms with van der Waals surface area (Å²) < 4.78 is 10.5. The first-order valence-corrected chi connectivity index (χ1v) is 7.16. The number of carbonyl (C=O) groups is 1. The lowest BCUT2D eigenvalue weighted by atomic mass is 10.3. The second-order valence-corrected chi connectivity index (χ2v) is 4.87. The van der Waals surface area contributed by atoms with Gasteiger partial charge in [-0.3, -0.25) is 9.69 Å². The van der Waals surface area contributed by atoms with Gasteiger partial charge in [-0.15, -0.1) is 0 Å². The molecule has 0 atom stereocenters. The molecule has 0 bridgehead atoms. The number of hydrogen-bond donors (Lipinski definition) is 1. The quantitative estimate of drug-likeness (QED) is 0.727. The lowest BCUT2D eigenvalue weighted by molar-refractivity contribution is -0.120. The molecule has 0 spiro atoms. The fraction of sp³-hybridized carbons (Fsp3) is 0.769. The number of morpholine rings is 1. The van der Waals surface area contributed by atoms with E-state index < -0.39 is 0 Å². The maximum atomic E-state index is 11.6. The molecule has 0 radical (unpaired) electrons. The number of rotatable bonds is 7. The van der Waals surface area contributed by atoms with Crippen molar-refractivity contribution in [3.63, 3.8) is 0 Å². The zero-order valence-electron chi connectivity index (χ0n) is 11.9. The first kappa shape index (κ1) is 14.9. The van der Waals surface area contributed by atoms with Gasteiger partial charge in [-0.2, -0.15) is 4.98 Å². The lowest BCUT2D eigenvalue weighted by Crippen LogP contribution is -2.35. The van der Waals surface area contributed by atoms with E-state index in [9.17, 15) is 4.79 Å². The Morgan fingerprint density at radius 3 is 2.95 bits per heavy atom. The Morgan fingerprint density at radius 2 is 2.20 bits per heavy atom. The van der Waals surface area contributed by atoms with Crippen LogP contribution >= 0.6 is 0 Å². The maximum absolute atomic E-state index is 11.6. The molecule has 0 aromatic carbocycles. The summed E-state index contributed by atoms with van der Waals surface area (Å²) in [7, 11) is 0. The van der Waals surface area contributed by atoms with E-state index in [1.807, 2.05) is 0 Å². The van der Waals surface area contributed by atoms with Crippen LogP contribution in [0.2, 0.25) is 0 Å². The number of ether oxygens (including phenoxy) is 1. The summed E-state index contributed by atoms with van der Waals surface area (Å²) in [4.78, 5) is 18.1. The van der Waals surface area contributed by atoms with Crippen molar-refractivity contribution in [2.24, 2.45) is 0 Å². The fourth-order valence-electron chi connectivity index (χ4n) is 1.99. The van der Waals surface area contributed by atoms with E-state index in [0.29, 0.717) is 24.8 Å². The summed E-state index contributed by atoms with van der Waals surface area (Å²) in [5.41, 5.74) is 0. The van der Waals surface area contributed by atoms with Crippen molar-refractivity contribution < 1.29 is 14.1 Å². The minimum atomic E-state index is -0.0582. The van der Waals surface area contributed by atoms with Crippen molar-refractivity contribution in [3.8, 4) is 0 Å².